The van der Waals surface area contributed by atoms with Gasteiger partial charge in [0.2, 0.25) is 11.8 Å². The van der Waals surface area contributed by atoms with Crippen molar-refractivity contribution in [3.8, 4) is 11.5 Å². The van der Waals surface area contributed by atoms with Crippen LogP contribution in [0.4, 0.5) is 5.69 Å². The van der Waals surface area contributed by atoms with Crippen LogP contribution in [0.1, 0.15) is 29.2 Å². The van der Waals surface area contributed by atoms with Gasteiger partial charge in [-0.05, 0) is 37.1 Å². The van der Waals surface area contributed by atoms with Gasteiger partial charge < -0.3 is 4.42 Å². The Hall–Kier alpha value is -2.67. The molecule has 0 aliphatic heterocycles. The van der Waals surface area contributed by atoms with Gasteiger partial charge in [-0.3, -0.25) is 10.1 Å². The van der Waals surface area contributed by atoms with Crippen LogP contribution in [0.15, 0.2) is 52.9 Å². The number of thioether (sulfide) groups is 1. The highest BCUT2D eigenvalue weighted by Gasteiger charge is 2.16. The molecule has 0 radical (unpaired) electrons. The lowest BCUT2D eigenvalue weighted by Gasteiger charge is -2.08. The zero-order valence-electron chi connectivity index (χ0n) is 13.9. The molecule has 1 atom stereocenters. The standard InChI is InChI=1S/C18H17N3O3S/c1-12-5-3-4-6-15(12)11-25-13(2)17-19-20-18(24-17)14-7-9-16(10-8-14)21(22)23/h3-10,13H,11H2,1-2H3/t13-/m0/s1. The van der Waals surface area contributed by atoms with Crippen LogP contribution in [0.25, 0.3) is 11.5 Å². The van der Waals surface area contributed by atoms with Crippen molar-refractivity contribution in [3.05, 3.63) is 75.7 Å². The highest BCUT2D eigenvalue weighted by atomic mass is 32.2. The maximum Gasteiger partial charge on any atom is 0.269 e. The summed E-state index contributed by atoms with van der Waals surface area (Å²) in [6, 6.07) is 14.4. The Balaban J connectivity index is 1.68. The molecule has 0 bridgehead atoms. The minimum absolute atomic E-state index is 0.0330. The Bertz CT molecular complexity index is 877. The van der Waals surface area contributed by atoms with E-state index in [9.17, 15) is 10.1 Å². The average molecular weight is 355 g/mol. The van der Waals surface area contributed by atoms with Crippen LogP contribution < -0.4 is 0 Å². The zero-order chi connectivity index (χ0) is 17.8. The average Bonchev–Trinajstić information content (AvgIpc) is 3.11. The first kappa shape index (κ1) is 17.2. The van der Waals surface area contributed by atoms with Crippen molar-refractivity contribution in [1.29, 1.82) is 0 Å². The Morgan fingerprint density at radius 1 is 1.16 bits per heavy atom. The van der Waals surface area contributed by atoms with Crippen molar-refractivity contribution < 1.29 is 9.34 Å². The van der Waals surface area contributed by atoms with E-state index in [2.05, 4.69) is 29.3 Å². The molecular weight excluding hydrogens is 338 g/mol. The lowest BCUT2D eigenvalue weighted by molar-refractivity contribution is -0.384. The third-order valence-corrected chi connectivity index (χ3v) is 5.04. The van der Waals surface area contributed by atoms with Crippen LogP contribution in [-0.4, -0.2) is 15.1 Å². The van der Waals surface area contributed by atoms with Crippen LogP contribution in [0.5, 0.6) is 0 Å². The van der Waals surface area contributed by atoms with Crippen LogP contribution in [0.3, 0.4) is 0 Å². The van der Waals surface area contributed by atoms with Gasteiger partial charge in [-0.2, -0.15) is 0 Å². The number of aryl methyl sites for hydroxylation is 1. The van der Waals surface area contributed by atoms with E-state index in [1.165, 1.54) is 23.3 Å². The van der Waals surface area contributed by atoms with Gasteiger partial charge in [-0.25, -0.2) is 0 Å². The molecule has 0 unspecified atom stereocenters. The molecule has 2 aromatic carbocycles. The molecule has 7 heteroatoms. The maximum atomic E-state index is 10.7. The van der Waals surface area contributed by atoms with Gasteiger partial charge >= 0.3 is 0 Å². The smallest absolute Gasteiger partial charge is 0.269 e. The molecule has 0 saturated carbocycles. The number of nitrogens with zero attached hydrogens (tertiary/aromatic N) is 3. The Labute approximate surface area is 149 Å². The van der Waals surface area contributed by atoms with Crippen molar-refractivity contribution >= 4 is 17.4 Å². The summed E-state index contributed by atoms with van der Waals surface area (Å²) in [6.45, 7) is 4.12. The lowest BCUT2D eigenvalue weighted by atomic mass is 10.1. The van der Waals surface area contributed by atoms with Gasteiger partial charge in [0, 0.05) is 23.4 Å². The SMILES string of the molecule is Cc1ccccc1CS[C@@H](C)c1nnc(-c2ccc([N+](=O)[O-])cc2)o1. The van der Waals surface area contributed by atoms with E-state index < -0.39 is 4.92 Å². The number of aromatic nitrogens is 2. The predicted octanol–water partition coefficient (Wildman–Crippen LogP) is 4.95. The van der Waals surface area contributed by atoms with Gasteiger partial charge in [0.05, 0.1) is 10.2 Å². The van der Waals surface area contributed by atoms with Gasteiger partial charge in [-0.1, -0.05) is 24.3 Å². The van der Waals surface area contributed by atoms with E-state index in [-0.39, 0.29) is 10.9 Å². The van der Waals surface area contributed by atoms with E-state index in [1.54, 1.807) is 23.9 Å². The fourth-order valence-electron chi connectivity index (χ4n) is 2.30. The Kier molecular flexibility index (Phi) is 5.14. The number of benzene rings is 2. The molecule has 0 aliphatic carbocycles. The maximum absolute atomic E-state index is 10.7. The van der Waals surface area contributed by atoms with E-state index in [0.717, 1.165) is 5.75 Å². The van der Waals surface area contributed by atoms with Crippen LogP contribution in [0.2, 0.25) is 0 Å². The molecule has 0 amide bonds. The Morgan fingerprint density at radius 3 is 2.56 bits per heavy atom. The van der Waals surface area contributed by atoms with Crippen molar-refractivity contribution in [2.24, 2.45) is 0 Å². The fraction of sp³-hybridized carbons (Fsp3) is 0.222. The first-order valence-electron chi connectivity index (χ1n) is 7.79. The van der Waals surface area contributed by atoms with Crippen molar-refractivity contribution in [1.82, 2.24) is 10.2 Å². The first-order chi connectivity index (χ1) is 12.0. The van der Waals surface area contributed by atoms with Crippen molar-refractivity contribution in [2.45, 2.75) is 24.9 Å². The summed E-state index contributed by atoms with van der Waals surface area (Å²) in [5.41, 5.74) is 3.25. The molecule has 3 rings (SSSR count). The van der Waals surface area contributed by atoms with Gasteiger partial charge in [0.25, 0.3) is 5.69 Å². The molecular formula is C18H17N3O3S. The van der Waals surface area contributed by atoms with Crippen molar-refractivity contribution in [2.75, 3.05) is 0 Å². The van der Waals surface area contributed by atoms with E-state index in [0.29, 0.717) is 17.3 Å². The molecule has 6 nitrogen and oxygen atoms in total. The number of nitro benzene ring substituents is 1. The minimum atomic E-state index is -0.437. The third kappa shape index (κ3) is 4.06. The second kappa shape index (κ2) is 7.48. The van der Waals surface area contributed by atoms with Crippen LogP contribution >= 0.6 is 11.8 Å². The highest BCUT2D eigenvalue weighted by molar-refractivity contribution is 7.98. The monoisotopic (exact) mass is 355 g/mol. The van der Waals surface area contributed by atoms with E-state index in [1.807, 2.05) is 19.1 Å². The van der Waals surface area contributed by atoms with Gasteiger partial charge in [0.1, 0.15) is 0 Å². The summed E-state index contributed by atoms with van der Waals surface area (Å²) in [7, 11) is 0. The van der Waals surface area contributed by atoms with Crippen molar-refractivity contribution in [3.63, 3.8) is 0 Å². The molecule has 128 valence electrons. The molecule has 0 N–H and O–H groups in total. The molecule has 1 heterocycles. The summed E-state index contributed by atoms with van der Waals surface area (Å²) in [5.74, 6) is 1.78. The quantitative estimate of drug-likeness (QED) is 0.460. The summed E-state index contributed by atoms with van der Waals surface area (Å²) < 4.78 is 5.74. The zero-order valence-corrected chi connectivity index (χ0v) is 14.7. The number of hydrogen-bond donors (Lipinski definition) is 0. The lowest BCUT2D eigenvalue weighted by Crippen LogP contribution is -1.92. The number of nitro groups is 1. The molecule has 0 spiro atoms. The second-order valence-corrected chi connectivity index (χ2v) is 6.96. The second-order valence-electron chi connectivity index (χ2n) is 5.63. The first-order valence-corrected chi connectivity index (χ1v) is 8.84. The minimum Gasteiger partial charge on any atom is -0.420 e. The van der Waals surface area contributed by atoms with Gasteiger partial charge in [-0.15, -0.1) is 22.0 Å². The molecule has 0 aliphatic rings. The summed E-state index contributed by atoms with van der Waals surface area (Å²) in [5, 5.41) is 18.9. The molecule has 1 aromatic heterocycles. The third-order valence-electron chi connectivity index (χ3n) is 3.86. The van der Waals surface area contributed by atoms with Gasteiger partial charge in [0.15, 0.2) is 0 Å². The molecule has 0 fully saturated rings. The van der Waals surface area contributed by atoms with E-state index in [4.69, 9.17) is 4.42 Å². The Morgan fingerprint density at radius 2 is 1.88 bits per heavy atom. The fourth-order valence-corrected chi connectivity index (χ4v) is 3.29. The molecule has 3 aromatic rings. The molecule has 25 heavy (non-hydrogen) atoms. The topological polar surface area (TPSA) is 82.1 Å². The summed E-state index contributed by atoms with van der Waals surface area (Å²) in [4.78, 5) is 10.3. The number of non-ortho nitro benzene ring substituents is 1. The number of rotatable bonds is 6. The number of hydrogen-bond acceptors (Lipinski definition) is 6. The summed E-state index contributed by atoms with van der Waals surface area (Å²) >= 11 is 1.73. The highest BCUT2D eigenvalue weighted by Crippen LogP contribution is 2.32. The predicted molar refractivity (Wildman–Crippen MR) is 97.3 cm³/mol. The van der Waals surface area contributed by atoms with E-state index >= 15 is 0 Å². The molecule has 0 saturated heterocycles. The van der Waals surface area contributed by atoms with Crippen LogP contribution in [0, 0.1) is 17.0 Å². The summed E-state index contributed by atoms with van der Waals surface area (Å²) in [6.07, 6.45) is 0. The normalized spacial score (nSPS) is 12.1. The van der Waals surface area contributed by atoms with Crippen LogP contribution in [-0.2, 0) is 5.75 Å². The largest absolute Gasteiger partial charge is 0.420 e.